The van der Waals surface area contributed by atoms with Crippen molar-refractivity contribution >= 4 is 26.7 Å². The van der Waals surface area contributed by atoms with Gasteiger partial charge in [0.15, 0.2) is 5.82 Å². The average Bonchev–Trinajstić information content (AvgIpc) is 2.76. The van der Waals surface area contributed by atoms with Gasteiger partial charge < -0.3 is 4.57 Å². The third kappa shape index (κ3) is 4.04. The summed E-state index contributed by atoms with van der Waals surface area (Å²) in [5, 5.41) is 4.78. The van der Waals surface area contributed by atoms with E-state index in [1.54, 1.807) is 25.5 Å². The maximum absolute atomic E-state index is 15.1. The fourth-order valence-electron chi connectivity index (χ4n) is 3.92. The topological polar surface area (TPSA) is 69.8 Å². The Labute approximate surface area is 198 Å². The summed E-state index contributed by atoms with van der Waals surface area (Å²) in [4.78, 5) is 29.9. The molecule has 6 nitrogen and oxygen atoms in total. The smallest absolute Gasteiger partial charge is 0.283 e. The van der Waals surface area contributed by atoms with Crippen molar-refractivity contribution in [3.8, 4) is 16.9 Å². The van der Waals surface area contributed by atoms with Crippen LogP contribution in [0.25, 0.3) is 27.7 Å². The van der Waals surface area contributed by atoms with Gasteiger partial charge in [0.2, 0.25) is 0 Å². The first-order chi connectivity index (χ1) is 15.5. The number of fused-ring (bicyclic) bond motifs is 1. The Hall–Kier alpha value is -3.13. The normalized spacial score (nSPS) is 11.8. The van der Waals surface area contributed by atoms with E-state index < -0.39 is 11.4 Å². The molecular weight excluding hydrogens is 487 g/mol. The molecule has 0 fully saturated rings. The van der Waals surface area contributed by atoms with E-state index in [9.17, 15) is 9.59 Å². The van der Waals surface area contributed by atoms with Crippen molar-refractivity contribution < 1.29 is 4.39 Å². The van der Waals surface area contributed by atoms with Crippen LogP contribution in [0, 0.1) is 5.82 Å². The van der Waals surface area contributed by atoms with Crippen LogP contribution in [0.1, 0.15) is 38.8 Å². The van der Waals surface area contributed by atoms with Crippen LogP contribution in [0.4, 0.5) is 4.39 Å². The van der Waals surface area contributed by atoms with Gasteiger partial charge in [-0.25, -0.2) is 9.37 Å². The largest absolute Gasteiger partial charge is 0.317 e. The van der Waals surface area contributed by atoms with Crippen molar-refractivity contribution in [3.05, 3.63) is 85.0 Å². The summed E-state index contributed by atoms with van der Waals surface area (Å²) in [6, 6.07) is 6.80. The number of hydrogen-bond acceptors (Lipinski definition) is 4. The summed E-state index contributed by atoms with van der Waals surface area (Å²) < 4.78 is 18.2. The Morgan fingerprint density at radius 3 is 2.48 bits per heavy atom. The van der Waals surface area contributed by atoms with E-state index in [0.717, 1.165) is 26.9 Å². The highest BCUT2D eigenvalue weighted by Gasteiger charge is 2.21. The highest BCUT2D eigenvalue weighted by molar-refractivity contribution is 9.10. The lowest BCUT2D eigenvalue weighted by atomic mass is 9.86. The summed E-state index contributed by atoms with van der Waals surface area (Å²) in [5.41, 5.74) is 2.19. The van der Waals surface area contributed by atoms with Gasteiger partial charge in [-0.05, 0) is 68.7 Å². The van der Waals surface area contributed by atoms with Crippen LogP contribution in [-0.4, -0.2) is 19.3 Å². The molecule has 0 spiro atoms. The maximum Gasteiger partial charge on any atom is 0.283 e. The van der Waals surface area contributed by atoms with Crippen LogP contribution in [0.3, 0.4) is 0 Å². The minimum absolute atomic E-state index is 0.0166. The van der Waals surface area contributed by atoms with Crippen molar-refractivity contribution in [1.82, 2.24) is 19.3 Å². The molecule has 0 unspecified atom stereocenters. The number of nitrogens with zero attached hydrogens (tertiary/aromatic N) is 4. The van der Waals surface area contributed by atoms with Gasteiger partial charge in [0, 0.05) is 30.4 Å². The molecule has 3 aromatic heterocycles. The van der Waals surface area contributed by atoms with Crippen molar-refractivity contribution in [3.63, 3.8) is 0 Å². The van der Waals surface area contributed by atoms with Crippen molar-refractivity contribution in [2.24, 2.45) is 7.05 Å². The number of aryl methyl sites for hydroxylation is 1. The molecule has 170 valence electrons. The van der Waals surface area contributed by atoms with Crippen LogP contribution in [0.5, 0.6) is 0 Å². The third-order valence-corrected chi connectivity index (χ3v) is 6.31. The molecule has 0 aliphatic rings. The van der Waals surface area contributed by atoms with Gasteiger partial charge in [-0.2, -0.15) is 9.78 Å². The maximum atomic E-state index is 15.1. The van der Waals surface area contributed by atoms with Gasteiger partial charge >= 0.3 is 0 Å². The zero-order valence-electron chi connectivity index (χ0n) is 19.1. The Morgan fingerprint density at radius 2 is 1.85 bits per heavy atom. The monoisotopic (exact) mass is 510 g/mol. The number of benzene rings is 1. The summed E-state index contributed by atoms with van der Waals surface area (Å²) in [7, 11) is 1.67. The highest BCUT2D eigenvalue weighted by Crippen LogP contribution is 2.29. The molecule has 0 aliphatic heterocycles. The molecule has 0 radical (unpaired) electrons. The zero-order chi connectivity index (χ0) is 24.1. The molecule has 4 rings (SSSR count). The number of rotatable bonds is 3. The summed E-state index contributed by atoms with van der Waals surface area (Å²) in [5.74, 6) is -0.235. The van der Waals surface area contributed by atoms with E-state index in [-0.39, 0.29) is 16.4 Å². The van der Waals surface area contributed by atoms with E-state index in [2.05, 4.69) is 26.0 Å². The number of aromatic nitrogens is 4. The Balaban J connectivity index is 1.97. The lowest BCUT2D eigenvalue weighted by Gasteiger charge is -2.20. The first-order valence-corrected chi connectivity index (χ1v) is 11.4. The second-order valence-corrected chi connectivity index (χ2v) is 9.90. The molecular formula is C25H24BrFN4O2. The van der Waals surface area contributed by atoms with Gasteiger partial charge in [-0.15, -0.1) is 0 Å². The molecule has 0 saturated heterocycles. The zero-order valence-corrected chi connectivity index (χ0v) is 20.7. The predicted molar refractivity (Wildman–Crippen MR) is 132 cm³/mol. The van der Waals surface area contributed by atoms with Crippen molar-refractivity contribution in [2.45, 2.75) is 39.5 Å². The molecule has 0 N–H and O–H groups in total. The second kappa shape index (κ2) is 8.33. The van der Waals surface area contributed by atoms with Crippen LogP contribution in [-0.2, 0) is 18.9 Å². The first-order valence-electron chi connectivity index (χ1n) is 10.6. The molecule has 3 heterocycles. The average molecular weight is 511 g/mol. The number of hydrogen-bond donors (Lipinski definition) is 0. The van der Waals surface area contributed by atoms with E-state index in [0.29, 0.717) is 22.1 Å². The minimum Gasteiger partial charge on any atom is -0.317 e. The SMILES string of the molecule is CCc1c(-c2cc(Br)c(=O)n(C)c2)ccnc1-n1ncc2cc(C(C)(C)C)cc(F)c2c1=O. The highest BCUT2D eigenvalue weighted by atomic mass is 79.9. The fraction of sp³-hybridized carbons (Fsp3) is 0.280. The molecule has 0 saturated carbocycles. The van der Waals surface area contributed by atoms with Crippen LogP contribution in [0.2, 0.25) is 0 Å². The summed E-state index contributed by atoms with van der Waals surface area (Å²) >= 11 is 3.31. The van der Waals surface area contributed by atoms with Gasteiger partial charge in [-0.3, -0.25) is 9.59 Å². The van der Waals surface area contributed by atoms with E-state index in [1.807, 2.05) is 39.8 Å². The fourth-order valence-corrected chi connectivity index (χ4v) is 4.45. The summed E-state index contributed by atoms with van der Waals surface area (Å²) in [6.07, 6.45) is 5.37. The molecule has 0 atom stereocenters. The van der Waals surface area contributed by atoms with Crippen LogP contribution < -0.4 is 11.1 Å². The molecule has 0 amide bonds. The third-order valence-electron chi connectivity index (χ3n) is 5.74. The standard InChI is InChI=1S/C25H24BrFN4O2/c1-6-17-18(15-10-19(26)23(32)30(5)13-15)7-8-28-22(17)31-24(33)21-14(12-29-31)9-16(11-20(21)27)25(2,3)4/h7-13H,6H2,1-5H3. The summed E-state index contributed by atoms with van der Waals surface area (Å²) in [6.45, 7) is 7.91. The number of halogens is 2. The lowest BCUT2D eigenvalue weighted by molar-refractivity contribution is 0.576. The minimum atomic E-state index is -0.574. The molecule has 0 bridgehead atoms. The molecule has 8 heteroatoms. The molecule has 4 aromatic rings. The molecule has 1 aromatic carbocycles. The van der Waals surface area contributed by atoms with Gasteiger partial charge in [0.05, 0.1) is 16.1 Å². The Bertz CT molecular complexity index is 1490. The van der Waals surface area contributed by atoms with E-state index in [1.165, 1.54) is 16.8 Å². The van der Waals surface area contributed by atoms with Crippen LogP contribution in [0.15, 0.2) is 56.9 Å². The number of pyridine rings is 2. The van der Waals surface area contributed by atoms with Crippen molar-refractivity contribution in [2.75, 3.05) is 0 Å². The quantitative estimate of drug-likeness (QED) is 0.392. The van der Waals surface area contributed by atoms with E-state index >= 15 is 4.39 Å². The van der Waals surface area contributed by atoms with Gasteiger partial charge in [0.25, 0.3) is 11.1 Å². The predicted octanol–water partition coefficient (Wildman–Crippen LogP) is 4.91. The first kappa shape index (κ1) is 23.0. The van der Waals surface area contributed by atoms with Crippen molar-refractivity contribution in [1.29, 1.82) is 0 Å². The van der Waals surface area contributed by atoms with E-state index in [4.69, 9.17) is 0 Å². The van der Waals surface area contributed by atoms with Gasteiger partial charge in [-0.1, -0.05) is 27.7 Å². The molecule has 33 heavy (non-hydrogen) atoms. The lowest BCUT2D eigenvalue weighted by Crippen LogP contribution is -2.25. The van der Waals surface area contributed by atoms with Gasteiger partial charge in [0.1, 0.15) is 5.82 Å². The second-order valence-electron chi connectivity index (χ2n) is 9.04. The van der Waals surface area contributed by atoms with Crippen LogP contribution >= 0.6 is 15.9 Å². The molecule has 0 aliphatic carbocycles. The Kier molecular flexibility index (Phi) is 5.82. The Morgan fingerprint density at radius 1 is 1.12 bits per heavy atom.